The van der Waals surface area contributed by atoms with Gasteiger partial charge < -0.3 is 20.5 Å². The van der Waals surface area contributed by atoms with Crippen LogP contribution in [-0.4, -0.2) is 57.4 Å². The standard InChI is InChI=1S/C20H20N4O9S/c1-34-8-7-14(20(27)28)22-18-15(23(29)30)9-12(10-16(18)24(31)32)19(26)21-11-17(25)33-13-5-3-2-4-6-13/h2-6,9-10,14,22H,7-8,11H2,1H3,(H,21,26)(H,27,28). The molecule has 2 rings (SSSR count). The molecule has 0 heterocycles. The molecule has 0 radical (unpaired) electrons. The van der Waals surface area contributed by atoms with Crippen molar-refractivity contribution in [2.75, 3.05) is 23.9 Å². The van der Waals surface area contributed by atoms with Crippen molar-refractivity contribution in [1.29, 1.82) is 0 Å². The van der Waals surface area contributed by atoms with Gasteiger partial charge in [0.25, 0.3) is 17.3 Å². The van der Waals surface area contributed by atoms with Crippen LogP contribution in [-0.2, 0) is 9.59 Å². The van der Waals surface area contributed by atoms with Crippen molar-refractivity contribution < 1.29 is 34.1 Å². The van der Waals surface area contributed by atoms with Gasteiger partial charge in [0.15, 0.2) is 5.69 Å². The number of nitrogens with one attached hydrogen (secondary N) is 2. The molecule has 34 heavy (non-hydrogen) atoms. The Kier molecular flexibility index (Phi) is 9.31. The van der Waals surface area contributed by atoms with Gasteiger partial charge in [-0.25, -0.2) is 9.59 Å². The number of ether oxygens (including phenoxy) is 1. The van der Waals surface area contributed by atoms with E-state index in [9.17, 15) is 39.7 Å². The maximum Gasteiger partial charge on any atom is 0.330 e. The minimum Gasteiger partial charge on any atom is -0.480 e. The fraction of sp³-hybridized carbons (Fsp3) is 0.250. The third kappa shape index (κ3) is 7.16. The fourth-order valence-electron chi connectivity index (χ4n) is 2.76. The van der Waals surface area contributed by atoms with Gasteiger partial charge in [-0.15, -0.1) is 0 Å². The lowest BCUT2D eigenvalue weighted by molar-refractivity contribution is -0.392. The molecule has 13 nitrogen and oxygen atoms in total. The van der Waals surface area contributed by atoms with Gasteiger partial charge in [-0.3, -0.25) is 25.0 Å². The number of nitro groups is 2. The van der Waals surface area contributed by atoms with Gasteiger partial charge in [-0.1, -0.05) is 18.2 Å². The molecule has 0 aromatic heterocycles. The number of esters is 1. The quantitative estimate of drug-likeness (QED) is 0.171. The zero-order chi connectivity index (χ0) is 25.3. The molecule has 0 fully saturated rings. The SMILES string of the molecule is CSCCC(Nc1c([N+](=O)[O-])cc(C(=O)NCC(=O)Oc2ccccc2)cc1[N+](=O)[O-])C(=O)O. The van der Waals surface area contributed by atoms with Crippen molar-refractivity contribution in [2.45, 2.75) is 12.5 Å². The van der Waals surface area contributed by atoms with E-state index in [0.717, 1.165) is 12.1 Å². The Morgan fingerprint density at radius 2 is 1.68 bits per heavy atom. The van der Waals surface area contributed by atoms with Gasteiger partial charge in [-0.05, 0) is 30.6 Å². The second kappa shape index (κ2) is 12.2. The number of carbonyl (C=O) groups is 3. The summed E-state index contributed by atoms with van der Waals surface area (Å²) in [4.78, 5) is 57.1. The molecule has 0 saturated carbocycles. The van der Waals surface area contributed by atoms with Crippen molar-refractivity contribution in [3.05, 3.63) is 68.3 Å². The highest BCUT2D eigenvalue weighted by Crippen LogP contribution is 2.36. The van der Waals surface area contributed by atoms with Crippen LogP contribution in [0.1, 0.15) is 16.8 Å². The molecule has 2 aromatic rings. The third-order valence-electron chi connectivity index (χ3n) is 4.35. The molecule has 14 heteroatoms. The number of carboxylic acid groups (broad SMARTS) is 1. The minimum absolute atomic E-state index is 0.0383. The number of para-hydroxylation sites is 1. The van der Waals surface area contributed by atoms with Crippen LogP contribution in [0.25, 0.3) is 0 Å². The summed E-state index contributed by atoms with van der Waals surface area (Å²) in [5, 5.41) is 37.1. The number of aliphatic carboxylic acids is 1. The Labute approximate surface area is 196 Å². The van der Waals surface area contributed by atoms with Crippen molar-refractivity contribution in [3.8, 4) is 5.75 Å². The predicted octanol–water partition coefficient (Wildman–Crippen LogP) is 2.46. The summed E-state index contributed by atoms with van der Waals surface area (Å²) < 4.78 is 5.00. The van der Waals surface area contributed by atoms with E-state index < -0.39 is 62.9 Å². The van der Waals surface area contributed by atoms with Gasteiger partial charge in [-0.2, -0.15) is 11.8 Å². The number of carbonyl (C=O) groups excluding carboxylic acids is 2. The number of amides is 1. The summed E-state index contributed by atoms with van der Waals surface area (Å²) in [6, 6.07) is 8.19. The molecular weight excluding hydrogens is 472 g/mol. The Bertz CT molecular complexity index is 1060. The molecular formula is C20H20N4O9S. The lowest BCUT2D eigenvalue weighted by atomic mass is 10.1. The first-order valence-electron chi connectivity index (χ1n) is 9.63. The molecule has 1 unspecified atom stereocenters. The van der Waals surface area contributed by atoms with Crippen LogP contribution >= 0.6 is 11.8 Å². The maximum atomic E-state index is 12.5. The van der Waals surface area contributed by atoms with E-state index in [4.69, 9.17) is 4.74 Å². The normalized spacial score (nSPS) is 11.2. The predicted molar refractivity (Wildman–Crippen MR) is 122 cm³/mol. The molecule has 1 amide bonds. The topological polar surface area (TPSA) is 191 Å². The maximum absolute atomic E-state index is 12.5. The van der Waals surface area contributed by atoms with E-state index in [1.165, 1.54) is 23.9 Å². The minimum atomic E-state index is -1.35. The smallest absolute Gasteiger partial charge is 0.330 e. The van der Waals surface area contributed by atoms with Gasteiger partial charge in [0, 0.05) is 12.1 Å². The summed E-state index contributed by atoms with van der Waals surface area (Å²) >= 11 is 1.33. The Morgan fingerprint density at radius 3 is 2.18 bits per heavy atom. The number of hydrogen-bond donors (Lipinski definition) is 3. The summed E-state index contributed by atoms with van der Waals surface area (Å²) in [7, 11) is 0. The third-order valence-corrected chi connectivity index (χ3v) is 4.99. The van der Waals surface area contributed by atoms with Crippen LogP contribution in [0.3, 0.4) is 0 Å². The second-order valence-electron chi connectivity index (χ2n) is 6.69. The molecule has 0 bridgehead atoms. The molecule has 0 aliphatic rings. The average Bonchev–Trinajstić information content (AvgIpc) is 2.80. The molecule has 0 spiro atoms. The number of benzene rings is 2. The highest BCUT2D eigenvalue weighted by Gasteiger charge is 2.32. The largest absolute Gasteiger partial charge is 0.480 e. The first-order chi connectivity index (χ1) is 16.1. The van der Waals surface area contributed by atoms with E-state index in [1.807, 2.05) is 0 Å². The first-order valence-corrected chi connectivity index (χ1v) is 11.0. The summed E-state index contributed by atoms with van der Waals surface area (Å²) in [6.07, 6.45) is 1.77. The van der Waals surface area contributed by atoms with E-state index in [2.05, 4.69) is 10.6 Å². The number of carboxylic acids is 1. The number of rotatable bonds is 12. The van der Waals surface area contributed by atoms with Gasteiger partial charge in [0.2, 0.25) is 0 Å². The Hall–Kier alpha value is -4.20. The Balaban J connectivity index is 2.29. The molecule has 0 saturated heterocycles. The summed E-state index contributed by atoms with van der Waals surface area (Å²) in [5.74, 6) is -2.57. The van der Waals surface area contributed by atoms with Gasteiger partial charge in [0.05, 0.1) is 15.4 Å². The lowest BCUT2D eigenvalue weighted by Gasteiger charge is -2.16. The molecule has 2 aromatic carbocycles. The number of nitro benzene ring substituents is 2. The zero-order valence-corrected chi connectivity index (χ0v) is 18.6. The van der Waals surface area contributed by atoms with Crippen molar-refractivity contribution in [2.24, 2.45) is 0 Å². The van der Waals surface area contributed by atoms with Crippen molar-refractivity contribution in [3.63, 3.8) is 0 Å². The van der Waals surface area contributed by atoms with Crippen LogP contribution < -0.4 is 15.4 Å². The molecule has 0 aliphatic heterocycles. The van der Waals surface area contributed by atoms with E-state index in [1.54, 1.807) is 24.5 Å². The number of thioether (sulfide) groups is 1. The summed E-state index contributed by atoms with van der Waals surface area (Å²) in [6.45, 7) is -0.606. The van der Waals surface area contributed by atoms with Crippen LogP contribution in [0.4, 0.5) is 17.1 Å². The molecule has 3 N–H and O–H groups in total. The molecule has 0 aliphatic carbocycles. The highest BCUT2D eigenvalue weighted by atomic mass is 32.2. The molecule has 1 atom stereocenters. The van der Waals surface area contributed by atoms with E-state index in [-0.39, 0.29) is 12.2 Å². The van der Waals surface area contributed by atoms with Crippen molar-refractivity contribution in [1.82, 2.24) is 5.32 Å². The first kappa shape index (κ1) is 26.1. The lowest BCUT2D eigenvalue weighted by Crippen LogP contribution is -2.32. The van der Waals surface area contributed by atoms with E-state index in [0.29, 0.717) is 5.75 Å². The molecule has 180 valence electrons. The Morgan fingerprint density at radius 1 is 1.09 bits per heavy atom. The number of nitrogens with zero attached hydrogens (tertiary/aromatic N) is 2. The van der Waals surface area contributed by atoms with Gasteiger partial charge in [0.1, 0.15) is 18.3 Å². The zero-order valence-electron chi connectivity index (χ0n) is 17.8. The average molecular weight is 492 g/mol. The second-order valence-corrected chi connectivity index (χ2v) is 7.68. The monoisotopic (exact) mass is 492 g/mol. The highest BCUT2D eigenvalue weighted by molar-refractivity contribution is 7.98. The fourth-order valence-corrected chi connectivity index (χ4v) is 3.23. The van der Waals surface area contributed by atoms with Crippen LogP contribution in [0.2, 0.25) is 0 Å². The van der Waals surface area contributed by atoms with Crippen LogP contribution in [0.15, 0.2) is 42.5 Å². The van der Waals surface area contributed by atoms with E-state index >= 15 is 0 Å². The van der Waals surface area contributed by atoms with Gasteiger partial charge >= 0.3 is 11.9 Å². The van der Waals surface area contributed by atoms with Crippen LogP contribution in [0, 0.1) is 20.2 Å². The van der Waals surface area contributed by atoms with Crippen LogP contribution in [0.5, 0.6) is 5.75 Å². The van der Waals surface area contributed by atoms with Crippen molar-refractivity contribution >= 4 is 46.7 Å². The summed E-state index contributed by atoms with van der Waals surface area (Å²) in [5.41, 5.74) is -2.82. The number of anilines is 1. The number of hydrogen-bond acceptors (Lipinski definition) is 10.